The number of carbonyl (C=O) groups excluding carboxylic acids is 1. The Labute approximate surface area is 219 Å². The van der Waals surface area contributed by atoms with Gasteiger partial charge in [0.05, 0.1) is 11.3 Å². The molecule has 2 N–H and O–H groups in total. The van der Waals surface area contributed by atoms with Crippen molar-refractivity contribution < 1.29 is 35.9 Å². The number of carboxylic acids is 1. The Morgan fingerprint density at radius 2 is 1.62 bits per heavy atom. The number of hydrogen-bond donors (Lipinski definition) is 2. The van der Waals surface area contributed by atoms with Crippen LogP contribution in [-0.4, -0.2) is 67.7 Å². The second-order valence-corrected chi connectivity index (χ2v) is 14.1. The van der Waals surface area contributed by atoms with E-state index in [1.807, 2.05) is 0 Å². The van der Waals surface area contributed by atoms with Crippen molar-refractivity contribution in [2.75, 3.05) is 13.1 Å². The van der Waals surface area contributed by atoms with Crippen LogP contribution in [0.25, 0.3) is 0 Å². The SMILES string of the molecule is O=C(O)CC(NC(=O)C1N(S(=O)(=O)c2ccc(F)cc2)CCN1S(=O)(=O)c1cccs1)C1CCCCC1. The van der Waals surface area contributed by atoms with Gasteiger partial charge in [0.15, 0.2) is 6.17 Å². The molecule has 2 aliphatic rings. The summed E-state index contributed by atoms with van der Waals surface area (Å²) in [6, 6.07) is 6.13. The summed E-state index contributed by atoms with van der Waals surface area (Å²) in [5.74, 6) is -2.82. The molecule has 37 heavy (non-hydrogen) atoms. The van der Waals surface area contributed by atoms with E-state index in [1.165, 1.54) is 12.1 Å². The van der Waals surface area contributed by atoms with Gasteiger partial charge in [0.2, 0.25) is 10.0 Å². The third kappa shape index (κ3) is 5.87. The lowest BCUT2D eigenvalue weighted by atomic mass is 9.82. The Morgan fingerprint density at radius 3 is 2.19 bits per heavy atom. The Hall–Kier alpha value is -2.39. The minimum absolute atomic E-state index is 0.0549. The van der Waals surface area contributed by atoms with Crippen molar-refractivity contribution in [3.63, 3.8) is 0 Å². The van der Waals surface area contributed by atoms with E-state index < -0.39 is 49.9 Å². The summed E-state index contributed by atoms with van der Waals surface area (Å²) >= 11 is 0.934. The lowest BCUT2D eigenvalue weighted by Gasteiger charge is -2.33. The number of sulfonamides is 2. The van der Waals surface area contributed by atoms with Gasteiger partial charge in [-0.05, 0) is 54.5 Å². The van der Waals surface area contributed by atoms with Gasteiger partial charge in [-0.15, -0.1) is 11.3 Å². The number of halogens is 1. The van der Waals surface area contributed by atoms with Crippen molar-refractivity contribution in [1.29, 1.82) is 0 Å². The quantitative estimate of drug-likeness (QED) is 0.469. The van der Waals surface area contributed by atoms with Crippen LogP contribution in [0.2, 0.25) is 0 Å². The predicted molar refractivity (Wildman–Crippen MR) is 133 cm³/mol. The molecule has 14 heteroatoms. The number of amides is 1. The first kappa shape index (κ1) is 27.6. The van der Waals surface area contributed by atoms with Gasteiger partial charge >= 0.3 is 5.97 Å². The minimum atomic E-state index is -4.41. The van der Waals surface area contributed by atoms with Crippen molar-refractivity contribution in [2.24, 2.45) is 5.92 Å². The molecule has 0 spiro atoms. The number of nitrogens with one attached hydrogen (secondary N) is 1. The molecule has 1 aromatic heterocycles. The molecule has 2 unspecified atom stereocenters. The van der Waals surface area contributed by atoms with Gasteiger partial charge in [0, 0.05) is 19.1 Å². The average molecular weight is 574 g/mol. The average Bonchev–Trinajstić information content (AvgIpc) is 3.56. The Balaban J connectivity index is 1.71. The molecule has 1 saturated carbocycles. The molecular weight excluding hydrogens is 545 g/mol. The van der Waals surface area contributed by atoms with E-state index in [-0.39, 0.29) is 34.5 Å². The molecule has 1 aromatic carbocycles. The van der Waals surface area contributed by atoms with Gasteiger partial charge in [-0.25, -0.2) is 21.2 Å². The maximum atomic E-state index is 13.7. The Morgan fingerprint density at radius 1 is 1.00 bits per heavy atom. The van der Waals surface area contributed by atoms with E-state index >= 15 is 0 Å². The molecule has 0 radical (unpaired) electrons. The number of nitrogens with zero attached hydrogens (tertiary/aromatic N) is 2. The zero-order valence-electron chi connectivity index (χ0n) is 19.8. The van der Waals surface area contributed by atoms with Gasteiger partial charge in [0.25, 0.3) is 15.9 Å². The highest BCUT2D eigenvalue weighted by Gasteiger charge is 2.50. The van der Waals surface area contributed by atoms with E-state index in [4.69, 9.17) is 0 Å². The van der Waals surface area contributed by atoms with E-state index in [1.54, 1.807) is 5.38 Å². The summed E-state index contributed by atoms with van der Waals surface area (Å²) in [5, 5.41) is 13.7. The van der Waals surface area contributed by atoms with Crippen LogP contribution in [0.5, 0.6) is 0 Å². The summed E-state index contributed by atoms with van der Waals surface area (Å²) < 4.78 is 68.8. The summed E-state index contributed by atoms with van der Waals surface area (Å²) in [6.45, 7) is -0.596. The van der Waals surface area contributed by atoms with E-state index in [9.17, 15) is 35.9 Å². The molecule has 202 valence electrons. The molecule has 2 heterocycles. The number of carbonyl (C=O) groups is 2. The highest BCUT2D eigenvalue weighted by Crippen LogP contribution is 2.32. The van der Waals surface area contributed by atoms with Crippen LogP contribution < -0.4 is 5.32 Å². The third-order valence-electron chi connectivity index (χ3n) is 6.74. The summed E-state index contributed by atoms with van der Waals surface area (Å²) in [4.78, 5) is 25.0. The molecule has 1 aliphatic carbocycles. The maximum absolute atomic E-state index is 13.7. The predicted octanol–water partition coefficient (Wildman–Crippen LogP) is 2.45. The van der Waals surface area contributed by atoms with Crippen LogP contribution in [-0.2, 0) is 29.6 Å². The molecule has 4 rings (SSSR count). The van der Waals surface area contributed by atoms with Crippen molar-refractivity contribution in [1.82, 2.24) is 13.9 Å². The Bertz CT molecular complexity index is 1330. The fraction of sp³-hybridized carbons (Fsp3) is 0.478. The van der Waals surface area contributed by atoms with Gasteiger partial charge in [-0.3, -0.25) is 9.59 Å². The van der Waals surface area contributed by atoms with Crippen LogP contribution in [0.3, 0.4) is 0 Å². The van der Waals surface area contributed by atoms with Crippen molar-refractivity contribution in [3.05, 3.63) is 47.6 Å². The smallest absolute Gasteiger partial charge is 0.305 e. The number of thiophene rings is 1. The van der Waals surface area contributed by atoms with Gasteiger partial charge in [0.1, 0.15) is 10.0 Å². The third-order valence-corrected chi connectivity index (χ3v) is 11.8. The lowest BCUT2D eigenvalue weighted by Crippen LogP contribution is -2.56. The van der Waals surface area contributed by atoms with Gasteiger partial charge < -0.3 is 10.4 Å². The molecule has 2 aromatic rings. The van der Waals surface area contributed by atoms with E-state index in [2.05, 4.69) is 5.32 Å². The van der Waals surface area contributed by atoms with Crippen LogP contribution in [0.1, 0.15) is 38.5 Å². The van der Waals surface area contributed by atoms with Gasteiger partial charge in [-0.2, -0.15) is 8.61 Å². The van der Waals surface area contributed by atoms with E-state index in [0.29, 0.717) is 12.8 Å². The summed E-state index contributed by atoms with van der Waals surface area (Å²) in [5.41, 5.74) is 0. The standard InChI is InChI=1S/C23H28FN3O7S3/c24-17-8-10-18(11-9-17)36(31,32)26-12-13-27(37(33,34)21-7-4-14-35-21)23(26)22(30)25-19(15-20(28)29)16-5-2-1-3-6-16/h4,7-11,14,16,19,23H,1-3,5-6,12-13,15H2,(H,25,30)(H,28,29). The summed E-state index contributed by atoms with van der Waals surface area (Å²) in [6.07, 6.45) is 2.03. The molecule has 1 aliphatic heterocycles. The zero-order valence-corrected chi connectivity index (χ0v) is 22.3. The van der Waals surface area contributed by atoms with E-state index in [0.717, 1.165) is 63.5 Å². The van der Waals surface area contributed by atoms with Crippen molar-refractivity contribution >= 4 is 43.3 Å². The highest BCUT2D eigenvalue weighted by atomic mass is 32.2. The lowest BCUT2D eigenvalue weighted by molar-refractivity contribution is -0.138. The number of hydrogen-bond acceptors (Lipinski definition) is 7. The molecular formula is C23H28FN3O7S3. The van der Waals surface area contributed by atoms with Crippen LogP contribution in [0.15, 0.2) is 50.9 Å². The number of benzene rings is 1. The molecule has 10 nitrogen and oxygen atoms in total. The zero-order chi connectivity index (χ0) is 26.8. The monoisotopic (exact) mass is 573 g/mol. The normalized spacial score (nSPS) is 21.1. The first-order chi connectivity index (χ1) is 17.5. The summed E-state index contributed by atoms with van der Waals surface area (Å²) in [7, 11) is -8.66. The Kier molecular flexibility index (Phi) is 8.33. The molecule has 2 atom stereocenters. The molecule has 2 fully saturated rings. The first-order valence-electron chi connectivity index (χ1n) is 11.9. The van der Waals surface area contributed by atoms with Crippen molar-refractivity contribution in [3.8, 4) is 0 Å². The topological polar surface area (TPSA) is 141 Å². The highest BCUT2D eigenvalue weighted by molar-refractivity contribution is 7.91. The number of rotatable bonds is 9. The van der Waals surface area contributed by atoms with Crippen LogP contribution in [0, 0.1) is 11.7 Å². The number of aliphatic carboxylic acids is 1. The minimum Gasteiger partial charge on any atom is -0.481 e. The molecule has 1 amide bonds. The largest absolute Gasteiger partial charge is 0.481 e. The van der Waals surface area contributed by atoms with Crippen LogP contribution in [0.4, 0.5) is 4.39 Å². The second-order valence-electron chi connectivity index (χ2n) is 9.10. The number of carboxylic acid groups (broad SMARTS) is 1. The first-order valence-corrected chi connectivity index (χ1v) is 15.6. The molecule has 0 bridgehead atoms. The van der Waals surface area contributed by atoms with Crippen LogP contribution >= 0.6 is 11.3 Å². The maximum Gasteiger partial charge on any atom is 0.305 e. The van der Waals surface area contributed by atoms with Crippen molar-refractivity contribution in [2.45, 2.75) is 59.8 Å². The second kappa shape index (κ2) is 11.2. The fourth-order valence-corrected chi connectivity index (χ4v) is 9.21. The molecule has 1 saturated heterocycles. The fourth-order valence-electron chi connectivity index (χ4n) is 4.94. The van der Waals surface area contributed by atoms with Gasteiger partial charge in [-0.1, -0.05) is 25.3 Å².